The molecule has 0 saturated heterocycles. The van der Waals surface area contributed by atoms with Crippen molar-refractivity contribution in [3.63, 3.8) is 0 Å². The molecule has 1 heterocycles. The van der Waals surface area contributed by atoms with Crippen LogP contribution in [0.3, 0.4) is 0 Å². The summed E-state index contributed by atoms with van der Waals surface area (Å²) >= 11 is 0. The summed E-state index contributed by atoms with van der Waals surface area (Å²) in [4.78, 5) is 62.4. The SMILES string of the molecule is C[C@H](NC(=O)c1ccccc1)C(=O)OCC(=O)c1c(N)n(Cc2ccccc2)c(=O)n(C)c1=O. The fourth-order valence-electron chi connectivity index (χ4n) is 3.23. The summed E-state index contributed by atoms with van der Waals surface area (Å²) in [5, 5.41) is 2.47. The van der Waals surface area contributed by atoms with Gasteiger partial charge in [-0.3, -0.25) is 23.5 Å². The van der Waals surface area contributed by atoms with Crippen LogP contribution < -0.4 is 22.3 Å². The molecule has 176 valence electrons. The molecular formula is C24H24N4O6. The highest BCUT2D eigenvalue weighted by Gasteiger charge is 2.24. The lowest BCUT2D eigenvalue weighted by atomic mass is 10.2. The Kier molecular flexibility index (Phi) is 7.42. The number of amides is 1. The minimum absolute atomic E-state index is 0.0439. The highest BCUT2D eigenvalue weighted by atomic mass is 16.5. The third kappa shape index (κ3) is 5.29. The highest BCUT2D eigenvalue weighted by molar-refractivity contribution is 6.02. The summed E-state index contributed by atoms with van der Waals surface area (Å²) in [6.07, 6.45) is 0. The number of benzene rings is 2. The van der Waals surface area contributed by atoms with E-state index in [4.69, 9.17) is 10.5 Å². The van der Waals surface area contributed by atoms with Crippen molar-refractivity contribution in [2.75, 3.05) is 12.3 Å². The van der Waals surface area contributed by atoms with Gasteiger partial charge in [0.05, 0.1) is 6.54 Å². The number of aromatic nitrogens is 2. The Hall–Kier alpha value is -4.47. The van der Waals surface area contributed by atoms with E-state index in [1.165, 1.54) is 14.0 Å². The largest absolute Gasteiger partial charge is 0.456 e. The zero-order valence-electron chi connectivity index (χ0n) is 18.7. The smallest absolute Gasteiger partial charge is 0.332 e. The first kappa shape index (κ1) is 24.2. The number of hydrogen-bond acceptors (Lipinski definition) is 7. The first-order valence-electron chi connectivity index (χ1n) is 10.4. The van der Waals surface area contributed by atoms with Crippen LogP contribution in [0, 0.1) is 0 Å². The molecule has 0 radical (unpaired) electrons. The Labute approximate surface area is 194 Å². The van der Waals surface area contributed by atoms with Crippen molar-refractivity contribution in [1.29, 1.82) is 0 Å². The van der Waals surface area contributed by atoms with Crippen LogP contribution >= 0.6 is 0 Å². The average Bonchev–Trinajstić information content (AvgIpc) is 2.85. The fraction of sp³-hybridized carbons (Fsp3) is 0.208. The van der Waals surface area contributed by atoms with Gasteiger partial charge >= 0.3 is 11.7 Å². The summed E-state index contributed by atoms with van der Waals surface area (Å²) < 4.78 is 6.88. The first-order chi connectivity index (χ1) is 16.2. The first-order valence-corrected chi connectivity index (χ1v) is 10.4. The van der Waals surface area contributed by atoms with Gasteiger partial charge in [-0.2, -0.15) is 0 Å². The number of nitrogen functional groups attached to an aromatic ring is 1. The number of ether oxygens (including phenoxy) is 1. The third-order valence-corrected chi connectivity index (χ3v) is 5.13. The number of nitrogens with two attached hydrogens (primary N) is 1. The predicted molar refractivity (Wildman–Crippen MR) is 125 cm³/mol. The van der Waals surface area contributed by atoms with Gasteiger partial charge in [-0.15, -0.1) is 0 Å². The molecule has 0 aliphatic rings. The van der Waals surface area contributed by atoms with Crippen molar-refractivity contribution in [3.05, 3.63) is 98.2 Å². The van der Waals surface area contributed by atoms with Crippen LogP contribution in [-0.2, 0) is 23.1 Å². The van der Waals surface area contributed by atoms with Gasteiger partial charge < -0.3 is 15.8 Å². The molecule has 0 aliphatic heterocycles. The number of nitrogens with one attached hydrogen (secondary N) is 1. The van der Waals surface area contributed by atoms with E-state index in [9.17, 15) is 24.0 Å². The van der Waals surface area contributed by atoms with Crippen LogP contribution in [0.4, 0.5) is 5.82 Å². The highest BCUT2D eigenvalue weighted by Crippen LogP contribution is 2.10. The van der Waals surface area contributed by atoms with E-state index in [2.05, 4.69) is 5.32 Å². The molecule has 10 nitrogen and oxygen atoms in total. The normalized spacial score (nSPS) is 11.5. The zero-order chi connectivity index (χ0) is 24.8. The monoisotopic (exact) mass is 464 g/mol. The Balaban J connectivity index is 1.74. The minimum atomic E-state index is -1.05. The van der Waals surface area contributed by atoms with Gasteiger partial charge in [-0.1, -0.05) is 48.5 Å². The Morgan fingerprint density at radius 2 is 1.59 bits per heavy atom. The molecule has 0 bridgehead atoms. The van der Waals surface area contributed by atoms with Gasteiger partial charge in [0.1, 0.15) is 17.4 Å². The van der Waals surface area contributed by atoms with E-state index in [-0.39, 0.29) is 12.4 Å². The van der Waals surface area contributed by atoms with Crippen LogP contribution in [0.2, 0.25) is 0 Å². The summed E-state index contributed by atoms with van der Waals surface area (Å²) in [6.45, 7) is 0.663. The Morgan fingerprint density at radius 3 is 2.21 bits per heavy atom. The van der Waals surface area contributed by atoms with Crippen molar-refractivity contribution in [2.24, 2.45) is 7.05 Å². The fourth-order valence-corrected chi connectivity index (χ4v) is 3.23. The van der Waals surface area contributed by atoms with Crippen molar-refractivity contribution in [2.45, 2.75) is 19.5 Å². The standard InChI is InChI=1S/C24H24N4O6/c1-15(26-21(30)17-11-7-4-8-12-17)23(32)34-14-18(29)19-20(25)28(24(33)27(2)22(19)31)13-16-9-5-3-6-10-16/h3-12,15H,13-14,25H2,1-2H3,(H,26,30)/t15-/m0/s1. The quantitative estimate of drug-likeness (QED) is 0.369. The van der Waals surface area contributed by atoms with Gasteiger partial charge in [-0.25, -0.2) is 9.59 Å². The van der Waals surface area contributed by atoms with Gasteiger partial charge in [0, 0.05) is 12.6 Å². The average molecular weight is 464 g/mol. The molecule has 10 heteroatoms. The van der Waals surface area contributed by atoms with E-state index in [1.54, 1.807) is 54.6 Å². The predicted octanol–water partition coefficient (Wildman–Crippen LogP) is 0.722. The summed E-state index contributed by atoms with van der Waals surface area (Å²) in [7, 11) is 1.23. The molecule has 3 N–H and O–H groups in total. The Morgan fingerprint density at radius 1 is 1.00 bits per heavy atom. The number of nitrogens with zero attached hydrogens (tertiary/aromatic N) is 2. The molecule has 0 aliphatic carbocycles. The second-order valence-corrected chi connectivity index (χ2v) is 7.57. The summed E-state index contributed by atoms with van der Waals surface area (Å²) in [5.41, 5.74) is 5.10. The molecule has 1 aromatic heterocycles. The molecule has 3 aromatic rings. The van der Waals surface area contributed by atoms with E-state index in [1.807, 2.05) is 6.07 Å². The van der Waals surface area contributed by atoms with Gasteiger partial charge in [0.2, 0.25) is 5.78 Å². The topological polar surface area (TPSA) is 142 Å². The molecule has 0 fully saturated rings. The van der Waals surface area contributed by atoms with Crippen molar-refractivity contribution in [3.8, 4) is 0 Å². The molecule has 0 spiro atoms. The van der Waals surface area contributed by atoms with Crippen LogP contribution in [0.15, 0.2) is 70.3 Å². The molecule has 2 aromatic carbocycles. The number of carbonyl (C=O) groups excluding carboxylic acids is 3. The van der Waals surface area contributed by atoms with Gasteiger partial charge in [0.15, 0.2) is 6.61 Å². The van der Waals surface area contributed by atoms with E-state index >= 15 is 0 Å². The number of esters is 1. The lowest BCUT2D eigenvalue weighted by Crippen LogP contribution is -2.44. The maximum atomic E-state index is 12.8. The third-order valence-electron chi connectivity index (χ3n) is 5.13. The number of carbonyl (C=O) groups is 3. The Bertz CT molecular complexity index is 1330. The number of hydrogen-bond donors (Lipinski definition) is 2. The van der Waals surface area contributed by atoms with Crippen LogP contribution in [0.25, 0.3) is 0 Å². The number of rotatable bonds is 8. The van der Waals surface area contributed by atoms with E-state index in [0.717, 1.165) is 14.7 Å². The zero-order valence-corrected chi connectivity index (χ0v) is 18.7. The van der Waals surface area contributed by atoms with E-state index in [0.29, 0.717) is 5.56 Å². The van der Waals surface area contributed by atoms with Gasteiger partial charge in [-0.05, 0) is 24.6 Å². The van der Waals surface area contributed by atoms with Crippen molar-refractivity contribution in [1.82, 2.24) is 14.5 Å². The molecule has 3 rings (SSSR count). The maximum absolute atomic E-state index is 12.8. The lowest BCUT2D eigenvalue weighted by Gasteiger charge is -2.16. The van der Waals surface area contributed by atoms with Crippen molar-refractivity contribution >= 4 is 23.5 Å². The van der Waals surface area contributed by atoms with Crippen LogP contribution in [0.5, 0.6) is 0 Å². The maximum Gasteiger partial charge on any atom is 0.332 e. The minimum Gasteiger partial charge on any atom is -0.456 e. The number of ketones is 1. The number of anilines is 1. The molecule has 1 atom stereocenters. The van der Waals surface area contributed by atoms with Crippen molar-refractivity contribution < 1.29 is 19.1 Å². The van der Waals surface area contributed by atoms with Crippen LogP contribution in [0.1, 0.15) is 33.2 Å². The molecule has 0 unspecified atom stereocenters. The number of Topliss-reactive ketones (excluding diaryl/α,β-unsaturated/α-hetero) is 1. The second-order valence-electron chi connectivity index (χ2n) is 7.57. The van der Waals surface area contributed by atoms with Crippen LogP contribution in [-0.4, -0.2) is 39.4 Å². The molecule has 0 saturated carbocycles. The second kappa shape index (κ2) is 10.4. The summed E-state index contributed by atoms with van der Waals surface area (Å²) in [5.74, 6) is -2.54. The van der Waals surface area contributed by atoms with E-state index < -0.39 is 47.1 Å². The molecule has 1 amide bonds. The lowest BCUT2D eigenvalue weighted by molar-refractivity contribution is -0.144. The summed E-state index contributed by atoms with van der Waals surface area (Å²) in [6, 6.07) is 16.1. The molecule has 34 heavy (non-hydrogen) atoms. The molecular weight excluding hydrogens is 440 g/mol. The van der Waals surface area contributed by atoms with Gasteiger partial charge in [0.25, 0.3) is 11.5 Å².